The van der Waals surface area contributed by atoms with Gasteiger partial charge in [0.2, 0.25) is 0 Å². The molecule has 2 aromatic rings. The maximum Gasteiger partial charge on any atom is 0.310 e. The van der Waals surface area contributed by atoms with Crippen molar-refractivity contribution in [2.24, 2.45) is 0 Å². The first-order chi connectivity index (χ1) is 8.61. The summed E-state index contributed by atoms with van der Waals surface area (Å²) >= 11 is 0. The number of aromatic nitrogens is 1. The molecule has 0 fully saturated rings. The van der Waals surface area contributed by atoms with Crippen molar-refractivity contribution >= 4 is 22.6 Å². The fraction of sp³-hybridized carbons (Fsp3) is 0.250. The lowest BCUT2D eigenvalue weighted by atomic mass is 10.1. The predicted octanol–water partition coefficient (Wildman–Crippen LogP) is 2.18. The van der Waals surface area contributed by atoms with Crippen molar-refractivity contribution in [3.63, 3.8) is 0 Å². The van der Waals surface area contributed by atoms with E-state index in [1.807, 2.05) is 0 Å². The lowest BCUT2D eigenvalue weighted by molar-refractivity contribution is -0.384. The Labute approximate surface area is 103 Å². The van der Waals surface area contributed by atoms with E-state index in [2.05, 4.69) is 4.98 Å². The van der Waals surface area contributed by atoms with Gasteiger partial charge in [-0.2, -0.15) is 0 Å². The molecule has 6 heteroatoms. The number of hydrogen-bond acceptors (Lipinski definition) is 4. The number of carbonyl (C=O) groups is 1. The van der Waals surface area contributed by atoms with Gasteiger partial charge in [-0.1, -0.05) is 0 Å². The third kappa shape index (κ3) is 2.32. The number of nitro benzene ring substituents is 1. The normalized spacial score (nSPS) is 10.5. The number of H-pyrrole nitrogens is 1. The summed E-state index contributed by atoms with van der Waals surface area (Å²) in [6, 6.07) is 4.51. The van der Waals surface area contributed by atoms with Gasteiger partial charge in [-0.3, -0.25) is 14.9 Å². The molecule has 0 radical (unpaired) electrons. The fourth-order valence-corrected chi connectivity index (χ4v) is 1.80. The third-order valence-corrected chi connectivity index (χ3v) is 2.60. The van der Waals surface area contributed by atoms with Crippen molar-refractivity contribution in [2.45, 2.75) is 13.3 Å². The molecule has 0 unspecified atom stereocenters. The summed E-state index contributed by atoms with van der Waals surface area (Å²) in [5.41, 5.74) is 1.44. The van der Waals surface area contributed by atoms with E-state index in [4.69, 9.17) is 4.74 Å². The van der Waals surface area contributed by atoms with E-state index >= 15 is 0 Å². The lowest BCUT2D eigenvalue weighted by Crippen LogP contribution is -2.06. The number of hydrogen-bond donors (Lipinski definition) is 1. The van der Waals surface area contributed by atoms with E-state index in [9.17, 15) is 14.9 Å². The number of nitrogens with zero attached hydrogens (tertiary/aromatic N) is 1. The topological polar surface area (TPSA) is 85.2 Å². The number of carbonyl (C=O) groups excluding carboxylic acids is 1. The summed E-state index contributed by atoms with van der Waals surface area (Å²) < 4.78 is 4.87. The van der Waals surface area contributed by atoms with Crippen LogP contribution in [0.15, 0.2) is 24.4 Å². The molecule has 94 valence electrons. The average Bonchev–Trinajstić information content (AvgIpc) is 2.72. The molecule has 1 N–H and O–H groups in total. The Balaban J connectivity index is 2.31. The number of benzene rings is 1. The van der Waals surface area contributed by atoms with E-state index in [1.54, 1.807) is 19.2 Å². The second-order valence-corrected chi connectivity index (χ2v) is 3.78. The van der Waals surface area contributed by atoms with E-state index in [-0.39, 0.29) is 18.1 Å². The maximum atomic E-state index is 11.4. The van der Waals surface area contributed by atoms with Crippen LogP contribution in [-0.2, 0) is 16.0 Å². The predicted molar refractivity (Wildman–Crippen MR) is 65.3 cm³/mol. The molecule has 1 aromatic heterocycles. The van der Waals surface area contributed by atoms with Crippen LogP contribution >= 0.6 is 0 Å². The molecule has 0 saturated carbocycles. The van der Waals surface area contributed by atoms with Gasteiger partial charge in [-0.05, 0) is 18.6 Å². The summed E-state index contributed by atoms with van der Waals surface area (Å²) in [6.07, 6.45) is 1.83. The van der Waals surface area contributed by atoms with Crippen molar-refractivity contribution in [1.82, 2.24) is 4.98 Å². The van der Waals surface area contributed by atoms with Gasteiger partial charge >= 0.3 is 5.97 Å². The molecule has 6 nitrogen and oxygen atoms in total. The minimum atomic E-state index is -0.453. The Morgan fingerprint density at radius 3 is 2.94 bits per heavy atom. The first-order valence-electron chi connectivity index (χ1n) is 5.52. The van der Waals surface area contributed by atoms with Gasteiger partial charge in [-0.15, -0.1) is 0 Å². The average molecular weight is 248 g/mol. The fourth-order valence-electron chi connectivity index (χ4n) is 1.80. The van der Waals surface area contributed by atoms with Crippen LogP contribution in [0.1, 0.15) is 12.5 Å². The van der Waals surface area contributed by atoms with Gasteiger partial charge in [0.25, 0.3) is 5.69 Å². The highest BCUT2D eigenvalue weighted by Crippen LogP contribution is 2.23. The first kappa shape index (κ1) is 12.1. The number of nitrogens with one attached hydrogen (secondary N) is 1. The minimum absolute atomic E-state index is 0.0204. The number of ether oxygens (including phenoxy) is 1. The highest BCUT2D eigenvalue weighted by molar-refractivity contribution is 5.88. The maximum absolute atomic E-state index is 11.4. The standard InChI is InChI=1S/C12H12N2O4/c1-2-18-12(15)5-8-7-13-11-6-9(14(16)17)3-4-10(8)11/h3-4,6-7,13H,2,5H2,1H3. The molecule has 0 aliphatic carbocycles. The minimum Gasteiger partial charge on any atom is -0.466 e. The Bertz CT molecular complexity index is 603. The summed E-state index contributed by atoms with van der Waals surface area (Å²) in [6.45, 7) is 2.09. The molecular weight excluding hydrogens is 236 g/mol. The summed E-state index contributed by atoms with van der Waals surface area (Å²) in [7, 11) is 0. The molecule has 18 heavy (non-hydrogen) atoms. The summed E-state index contributed by atoms with van der Waals surface area (Å²) in [5.74, 6) is -0.309. The van der Waals surface area contributed by atoms with Gasteiger partial charge in [0.1, 0.15) is 0 Å². The quantitative estimate of drug-likeness (QED) is 0.510. The molecule has 0 atom stereocenters. The second kappa shape index (κ2) is 4.87. The van der Waals surface area contributed by atoms with E-state index in [1.165, 1.54) is 12.1 Å². The molecule has 0 amide bonds. The van der Waals surface area contributed by atoms with E-state index < -0.39 is 4.92 Å². The largest absolute Gasteiger partial charge is 0.466 e. The Hall–Kier alpha value is -2.37. The van der Waals surface area contributed by atoms with E-state index in [0.717, 1.165) is 10.9 Å². The van der Waals surface area contributed by atoms with Gasteiger partial charge in [0, 0.05) is 23.7 Å². The van der Waals surface area contributed by atoms with Crippen LogP contribution in [0.2, 0.25) is 0 Å². The number of esters is 1. The monoisotopic (exact) mass is 248 g/mol. The molecule has 0 saturated heterocycles. The van der Waals surface area contributed by atoms with Crippen LogP contribution in [-0.4, -0.2) is 22.5 Å². The zero-order valence-electron chi connectivity index (χ0n) is 9.80. The molecule has 1 aromatic carbocycles. The van der Waals surface area contributed by atoms with Crippen LogP contribution in [0.25, 0.3) is 10.9 Å². The second-order valence-electron chi connectivity index (χ2n) is 3.78. The molecule has 2 rings (SSSR count). The first-order valence-corrected chi connectivity index (χ1v) is 5.52. The number of non-ortho nitro benzene ring substituents is 1. The molecule has 0 aliphatic heterocycles. The van der Waals surface area contributed by atoms with Crippen LogP contribution < -0.4 is 0 Å². The van der Waals surface area contributed by atoms with Crippen LogP contribution in [0.4, 0.5) is 5.69 Å². The SMILES string of the molecule is CCOC(=O)Cc1c[nH]c2cc([N+](=O)[O-])ccc12. The summed E-state index contributed by atoms with van der Waals surface area (Å²) in [5, 5.41) is 11.4. The van der Waals surface area contributed by atoms with E-state index in [0.29, 0.717) is 12.1 Å². The number of rotatable bonds is 4. The van der Waals surface area contributed by atoms with Crippen molar-refractivity contribution in [3.8, 4) is 0 Å². The highest BCUT2D eigenvalue weighted by Gasteiger charge is 2.12. The van der Waals surface area contributed by atoms with Crippen LogP contribution in [0, 0.1) is 10.1 Å². The molecule has 0 aliphatic rings. The number of fused-ring (bicyclic) bond motifs is 1. The Morgan fingerprint density at radius 1 is 1.50 bits per heavy atom. The Kier molecular flexibility index (Phi) is 3.27. The lowest BCUT2D eigenvalue weighted by Gasteiger charge is -2.00. The molecule has 0 spiro atoms. The third-order valence-electron chi connectivity index (χ3n) is 2.60. The van der Waals surface area contributed by atoms with Crippen molar-refractivity contribution in [3.05, 3.63) is 40.1 Å². The molecular formula is C12H12N2O4. The Morgan fingerprint density at radius 2 is 2.28 bits per heavy atom. The number of aromatic amines is 1. The van der Waals surface area contributed by atoms with Crippen molar-refractivity contribution in [2.75, 3.05) is 6.61 Å². The number of nitro groups is 1. The smallest absolute Gasteiger partial charge is 0.310 e. The van der Waals surface area contributed by atoms with Gasteiger partial charge in [0.15, 0.2) is 0 Å². The van der Waals surface area contributed by atoms with Crippen LogP contribution in [0.5, 0.6) is 0 Å². The van der Waals surface area contributed by atoms with Crippen LogP contribution in [0.3, 0.4) is 0 Å². The zero-order chi connectivity index (χ0) is 13.1. The van der Waals surface area contributed by atoms with Gasteiger partial charge < -0.3 is 9.72 Å². The van der Waals surface area contributed by atoms with Crippen molar-refractivity contribution < 1.29 is 14.5 Å². The van der Waals surface area contributed by atoms with Gasteiger partial charge in [-0.25, -0.2) is 0 Å². The van der Waals surface area contributed by atoms with Gasteiger partial charge in [0.05, 0.1) is 23.5 Å². The summed E-state index contributed by atoms with van der Waals surface area (Å²) in [4.78, 5) is 24.5. The molecule has 1 heterocycles. The van der Waals surface area contributed by atoms with Crippen molar-refractivity contribution in [1.29, 1.82) is 0 Å². The zero-order valence-corrected chi connectivity index (χ0v) is 9.80. The highest BCUT2D eigenvalue weighted by atomic mass is 16.6. The molecule has 0 bridgehead atoms.